The molecule has 0 aliphatic carbocycles. The number of rotatable bonds is 9. The second-order valence-electron chi connectivity index (χ2n) is 6.92. The standard InChI is InChI=1S/C22H27NO5.Na/c1-3-28-22(2,21(24)25)16-17-8-10-18(11-9-17)26-14-12-23-13-15-27-20-7-5-4-6-19(20)23;/h4-11H,3,12-16H2,1-2H3,(H,24,25);/q;+1/p-1. The summed E-state index contributed by atoms with van der Waals surface area (Å²) in [5.74, 6) is 0.445. The number of para-hydroxylation sites is 2. The number of hydrogen-bond acceptors (Lipinski definition) is 6. The van der Waals surface area contributed by atoms with Gasteiger partial charge in [0.25, 0.3) is 0 Å². The molecule has 7 heteroatoms. The van der Waals surface area contributed by atoms with E-state index in [9.17, 15) is 9.90 Å². The molecule has 1 heterocycles. The normalized spacial score (nSPS) is 14.8. The minimum atomic E-state index is -1.33. The summed E-state index contributed by atoms with van der Waals surface area (Å²) in [5, 5.41) is 11.4. The van der Waals surface area contributed by atoms with Gasteiger partial charge in [-0.2, -0.15) is 0 Å². The van der Waals surface area contributed by atoms with E-state index in [2.05, 4.69) is 11.0 Å². The van der Waals surface area contributed by atoms with Gasteiger partial charge in [-0.1, -0.05) is 24.3 Å². The SMILES string of the molecule is CCOC(C)(Cc1ccc(OCCN2CCOc3ccccc32)cc1)C(=O)[O-].[Na+]. The Morgan fingerprint density at radius 2 is 1.93 bits per heavy atom. The van der Waals surface area contributed by atoms with Crippen molar-refractivity contribution in [3.8, 4) is 11.5 Å². The summed E-state index contributed by atoms with van der Waals surface area (Å²) in [7, 11) is 0. The number of hydrogen-bond donors (Lipinski definition) is 0. The van der Waals surface area contributed by atoms with Gasteiger partial charge in [-0.25, -0.2) is 0 Å². The number of benzene rings is 2. The first-order valence-electron chi connectivity index (χ1n) is 9.56. The van der Waals surface area contributed by atoms with E-state index in [0.717, 1.165) is 35.8 Å². The summed E-state index contributed by atoms with van der Waals surface area (Å²) < 4.78 is 16.9. The van der Waals surface area contributed by atoms with Crippen molar-refractivity contribution in [2.45, 2.75) is 25.9 Å². The predicted octanol–water partition coefficient (Wildman–Crippen LogP) is -0.944. The van der Waals surface area contributed by atoms with Crippen molar-refractivity contribution in [3.63, 3.8) is 0 Å². The number of fused-ring (bicyclic) bond motifs is 1. The van der Waals surface area contributed by atoms with Gasteiger partial charge in [0.15, 0.2) is 0 Å². The number of carboxylic acid groups (broad SMARTS) is 1. The molecule has 1 aliphatic heterocycles. The van der Waals surface area contributed by atoms with Crippen LogP contribution in [0.3, 0.4) is 0 Å². The molecule has 0 saturated heterocycles. The van der Waals surface area contributed by atoms with Crippen LogP contribution in [0.2, 0.25) is 0 Å². The molecule has 0 radical (unpaired) electrons. The van der Waals surface area contributed by atoms with Crippen LogP contribution in [-0.4, -0.2) is 44.5 Å². The quantitative estimate of drug-likeness (QED) is 0.500. The Morgan fingerprint density at radius 1 is 1.21 bits per heavy atom. The van der Waals surface area contributed by atoms with Crippen LogP contribution in [0.4, 0.5) is 5.69 Å². The summed E-state index contributed by atoms with van der Waals surface area (Å²) in [6, 6.07) is 15.4. The average molecular weight is 407 g/mol. The molecule has 0 aromatic heterocycles. The number of carbonyl (C=O) groups is 1. The summed E-state index contributed by atoms with van der Waals surface area (Å²) in [6.07, 6.45) is 0.244. The molecular weight excluding hydrogens is 381 g/mol. The molecule has 0 spiro atoms. The summed E-state index contributed by atoms with van der Waals surface area (Å²) in [4.78, 5) is 13.6. The van der Waals surface area contributed by atoms with E-state index in [4.69, 9.17) is 14.2 Å². The third-order valence-corrected chi connectivity index (χ3v) is 4.81. The first-order valence-corrected chi connectivity index (χ1v) is 9.56. The van der Waals surface area contributed by atoms with Crippen LogP contribution in [-0.2, 0) is 16.0 Å². The monoisotopic (exact) mass is 407 g/mol. The van der Waals surface area contributed by atoms with Crippen molar-refractivity contribution in [1.29, 1.82) is 0 Å². The van der Waals surface area contributed by atoms with Crippen LogP contribution in [0.5, 0.6) is 11.5 Å². The first-order chi connectivity index (χ1) is 13.5. The van der Waals surface area contributed by atoms with Gasteiger partial charge < -0.3 is 29.0 Å². The van der Waals surface area contributed by atoms with E-state index < -0.39 is 11.6 Å². The van der Waals surface area contributed by atoms with Gasteiger partial charge in [-0.3, -0.25) is 0 Å². The Kier molecular flexibility index (Phi) is 8.83. The van der Waals surface area contributed by atoms with Gasteiger partial charge in [0.05, 0.1) is 24.7 Å². The van der Waals surface area contributed by atoms with Crippen LogP contribution >= 0.6 is 0 Å². The first kappa shape index (κ1) is 23.5. The molecule has 0 amide bonds. The molecule has 0 N–H and O–H groups in total. The van der Waals surface area contributed by atoms with Crippen LogP contribution in [0, 0.1) is 0 Å². The number of ether oxygens (including phenoxy) is 3. The number of nitrogens with zero attached hydrogens (tertiary/aromatic N) is 1. The molecule has 6 nitrogen and oxygen atoms in total. The third-order valence-electron chi connectivity index (χ3n) is 4.81. The molecule has 1 unspecified atom stereocenters. The number of carboxylic acids is 1. The Labute approximate surface area is 194 Å². The minimum absolute atomic E-state index is 0. The maximum atomic E-state index is 11.4. The summed E-state index contributed by atoms with van der Waals surface area (Å²) in [5.41, 5.74) is 0.612. The van der Waals surface area contributed by atoms with E-state index >= 15 is 0 Å². The van der Waals surface area contributed by atoms with Gasteiger partial charge in [-0.15, -0.1) is 0 Å². The van der Waals surface area contributed by atoms with Gasteiger partial charge >= 0.3 is 29.6 Å². The molecule has 2 aromatic carbocycles. The number of carbonyl (C=O) groups excluding carboxylic acids is 1. The molecule has 150 valence electrons. The maximum absolute atomic E-state index is 11.4. The Bertz CT molecular complexity index is 798. The number of aliphatic carboxylic acids is 1. The Morgan fingerprint density at radius 3 is 2.62 bits per heavy atom. The average Bonchev–Trinajstić information content (AvgIpc) is 2.69. The maximum Gasteiger partial charge on any atom is 1.00 e. The summed E-state index contributed by atoms with van der Waals surface area (Å²) >= 11 is 0. The fraction of sp³-hybridized carbons (Fsp3) is 0.409. The molecule has 1 aliphatic rings. The molecular formula is C22H26NNaO5. The molecule has 0 saturated carbocycles. The fourth-order valence-corrected chi connectivity index (χ4v) is 3.33. The van der Waals surface area contributed by atoms with Crippen molar-refractivity contribution in [3.05, 3.63) is 54.1 Å². The minimum Gasteiger partial charge on any atom is -0.547 e. The van der Waals surface area contributed by atoms with Crippen molar-refractivity contribution in [2.75, 3.05) is 37.8 Å². The summed E-state index contributed by atoms with van der Waals surface area (Å²) in [6.45, 7) is 6.43. The Balaban J connectivity index is 0.00000300. The molecule has 29 heavy (non-hydrogen) atoms. The zero-order valence-electron chi connectivity index (χ0n) is 17.3. The van der Waals surface area contributed by atoms with Gasteiger partial charge in [0.2, 0.25) is 0 Å². The van der Waals surface area contributed by atoms with Gasteiger partial charge in [-0.05, 0) is 43.7 Å². The van der Waals surface area contributed by atoms with E-state index in [-0.39, 0.29) is 36.0 Å². The van der Waals surface area contributed by atoms with Gasteiger partial charge in [0, 0.05) is 13.0 Å². The second-order valence-corrected chi connectivity index (χ2v) is 6.92. The fourth-order valence-electron chi connectivity index (χ4n) is 3.33. The predicted molar refractivity (Wildman–Crippen MR) is 105 cm³/mol. The van der Waals surface area contributed by atoms with E-state index in [0.29, 0.717) is 19.8 Å². The van der Waals surface area contributed by atoms with Crippen LogP contribution < -0.4 is 49.0 Å². The van der Waals surface area contributed by atoms with Crippen molar-refractivity contribution < 1.29 is 53.7 Å². The van der Waals surface area contributed by atoms with Crippen LogP contribution in [0.15, 0.2) is 48.5 Å². The second kappa shape index (κ2) is 10.9. The van der Waals surface area contributed by atoms with Crippen molar-refractivity contribution >= 4 is 11.7 Å². The van der Waals surface area contributed by atoms with E-state index in [1.807, 2.05) is 42.5 Å². The van der Waals surface area contributed by atoms with Crippen molar-refractivity contribution in [2.24, 2.45) is 0 Å². The third kappa shape index (κ3) is 6.12. The Hall–Kier alpha value is -1.73. The molecule has 1 atom stereocenters. The van der Waals surface area contributed by atoms with Gasteiger partial charge in [0.1, 0.15) is 30.3 Å². The van der Waals surface area contributed by atoms with E-state index in [1.165, 1.54) is 6.92 Å². The van der Waals surface area contributed by atoms with Crippen LogP contribution in [0.1, 0.15) is 19.4 Å². The van der Waals surface area contributed by atoms with Crippen LogP contribution in [0.25, 0.3) is 0 Å². The smallest absolute Gasteiger partial charge is 0.547 e. The van der Waals surface area contributed by atoms with E-state index in [1.54, 1.807) is 6.92 Å². The zero-order chi connectivity index (χ0) is 20.0. The molecule has 2 aromatic rings. The molecule has 3 rings (SSSR count). The molecule has 0 bridgehead atoms. The largest absolute Gasteiger partial charge is 1.00 e. The number of anilines is 1. The van der Waals surface area contributed by atoms with Crippen molar-refractivity contribution in [1.82, 2.24) is 0 Å². The molecule has 0 fully saturated rings. The zero-order valence-corrected chi connectivity index (χ0v) is 19.3. The topological polar surface area (TPSA) is 71.1 Å².